The maximum Gasteiger partial charge on any atom is 0.121 e. The van der Waals surface area contributed by atoms with E-state index < -0.39 is 0 Å². The number of hydrogen-bond acceptors (Lipinski definition) is 3. The Kier molecular flexibility index (Phi) is 3.63. The van der Waals surface area contributed by atoms with Crippen molar-refractivity contribution in [2.45, 2.75) is 39.7 Å². The Morgan fingerprint density at radius 1 is 1.40 bits per heavy atom. The highest BCUT2D eigenvalue weighted by Gasteiger charge is 2.35. The molecule has 2 aliphatic rings. The van der Waals surface area contributed by atoms with E-state index in [1.165, 1.54) is 24.2 Å². The van der Waals surface area contributed by atoms with E-state index in [1.807, 2.05) is 0 Å². The predicted octanol–water partition coefficient (Wildman–Crippen LogP) is 3.15. The average Bonchev–Trinajstić information content (AvgIpc) is 3.03. The van der Waals surface area contributed by atoms with Gasteiger partial charge in [-0.1, -0.05) is 13.0 Å². The summed E-state index contributed by atoms with van der Waals surface area (Å²) < 4.78 is 6.08. The van der Waals surface area contributed by atoms with Gasteiger partial charge in [0, 0.05) is 36.3 Å². The van der Waals surface area contributed by atoms with Gasteiger partial charge in [-0.25, -0.2) is 0 Å². The third-order valence-electron chi connectivity index (χ3n) is 4.70. The van der Waals surface area contributed by atoms with Crippen LogP contribution in [-0.4, -0.2) is 37.2 Å². The molecule has 1 unspecified atom stereocenters. The lowest BCUT2D eigenvalue weighted by Gasteiger charge is -2.26. The van der Waals surface area contributed by atoms with Gasteiger partial charge in [-0.3, -0.25) is 0 Å². The second-order valence-electron chi connectivity index (χ2n) is 6.91. The average molecular weight is 274 g/mol. The normalized spacial score (nSPS) is 25.8. The summed E-state index contributed by atoms with van der Waals surface area (Å²) in [5.41, 5.74) is 2.95. The van der Waals surface area contributed by atoms with Gasteiger partial charge in [-0.05, 0) is 44.9 Å². The van der Waals surface area contributed by atoms with Crippen molar-refractivity contribution in [1.82, 2.24) is 4.90 Å². The van der Waals surface area contributed by atoms with Gasteiger partial charge in [0.15, 0.2) is 0 Å². The third kappa shape index (κ3) is 2.78. The van der Waals surface area contributed by atoms with Gasteiger partial charge in [0.05, 0.1) is 6.61 Å². The van der Waals surface area contributed by atoms with Crippen LogP contribution in [0.4, 0.5) is 5.69 Å². The summed E-state index contributed by atoms with van der Waals surface area (Å²) >= 11 is 0. The van der Waals surface area contributed by atoms with E-state index in [-0.39, 0.29) is 5.41 Å². The van der Waals surface area contributed by atoms with Crippen LogP contribution in [0.15, 0.2) is 18.2 Å². The molecule has 0 radical (unpaired) electrons. The van der Waals surface area contributed by atoms with Crippen molar-refractivity contribution < 1.29 is 4.74 Å². The van der Waals surface area contributed by atoms with Gasteiger partial charge in [0.2, 0.25) is 0 Å². The maximum absolute atomic E-state index is 6.08. The zero-order valence-electron chi connectivity index (χ0n) is 12.9. The monoisotopic (exact) mass is 274 g/mol. The molecule has 1 aromatic carbocycles. The lowest BCUT2D eigenvalue weighted by atomic mass is 9.91. The van der Waals surface area contributed by atoms with Gasteiger partial charge >= 0.3 is 0 Å². The van der Waals surface area contributed by atoms with Gasteiger partial charge in [0.1, 0.15) is 5.75 Å². The highest BCUT2D eigenvalue weighted by Crippen LogP contribution is 2.33. The van der Waals surface area contributed by atoms with Gasteiger partial charge in [0.25, 0.3) is 0 Å². The molecule has 0 amide bonds. The Morgan fingerprint density at radius 3 is 3.00 bits per heavy atom. The molecular weight excluding hydrogens is 248 g/mol. The summed E-state index contributed by atoms with van der Waals surface area (Å²) in [5.74, 6) is 1.00. The van der Waals surface area contributed by atoms with Gasteiger partial charge in [-0.15, -0.1) is 0 Å². The Hall–Kier alpha value is -1.22. The summed E-state index contributed by atoms with van der Waals surface area (Å²) in [7, 11) is 0. The van der Waals surface area contributed by atoms with Crippen LogP contribution in [0.1, 0.15) is 32.8 Å². The molecule has 1 aromatic rings. The van der Waals surface area contributed by atoms with E-state index in [1.54, 1.807) is 0 Å². The summed E-state index contributed by atoms with van der Waals surface area (Å²) in [6, 6.07) is 7.11. The Bertz CT molecular complexity index is 486. The lowest BCUT2D eigenvalue weighted by Crippen LogP contribution is -2.33. The molecule has 3 rings (SSSR count). The number of nitrogens with zero attached hydrogens (tertiary/aromatic N) is 1. The molecule has 1 N–H and O–H groups in total. The van der Waals surface area contributed by atoms with Gasteiger partial charge < -0.3 is 15.0 Å². The fraction of sp³-hybridized carbons (Fsp3) is 0.647. The van der Waals surface area contributed by atoms with Crippen LogP contribution in [0.25, 0.3) is 0 Å². The molecule has 2 aliphatic heterocycles. The summed E-state index contributed by atoms with van der Waals surface area (Å²) in [4.78, 5) is 2.55. The molecule has 0 spiro atoms. The number of rotatable bonds is 4. The van der Waals surface area contributed by atoms with Crippen molar-refractivity contribution in [3.05, 3.63) is 23.8 Å². The Labute approximate surface area is 122 Å². The minimum atomic E-state index is 0.288. The molecular formula is C17H26N2O. The van der Waals surface area contributed by atoms with Crippen molar-refractivity contribution in [1.29, 1.82) is 0 Å². The lowest BCUT2D eigenvalue weighted by molar-refractivity contribution is 0.154. The van der Waals surface area contributed by atoms with E-state index in [9.17, 15) is 0 Å². The molecule has 3 nitrogen and oxygen atoms in total. The quantitative estimate of drug-likeness (QED) is 0.913. The number of fused-ring (bicyclic) bond motifs is 1. The molecule has 2 heterocycles. The van der Waals surface area contributed by atoms with Crippen LogP contribution in [-0.2, 0) is 6.42 Å². The SMILES string of the molecule is CC(C)N1CCC(C)(COc2ccc3c(c2)NCC3)C1. The van der Waals surface area contributed by atoms with Crippen LogP contribution in [0, 0.1) is 5.41 Å². The number of benzene rings is 1. The second-order valence-corrected chi connectivity index (χ2v) is 6.91. The van der Waals surface area contributed by atoms with Crippen molar-refractivity contribution >= 4 is 5.69 Å². The van der Waals surface area contributed by atoms with Crippen LogP contribution in [0.2, 0.25) is 0 Å². The summed E-state index contributed by atoms with van der Waals surface area (Å²) in [6.07, 6.45) is 2.37. The minimum absolute atomic E-state index is 0.288. The minimum Gasteiger partial charge on any atom is -0.493 e. The van der Waals surface area contributed by atoms with Crippen molar-refractivity contribution in [2.24, 2.45) is 5.41 Å². The molecule has 20 heavy (non-hydrogen) atoms. The molecule has 0 aromatic heterocycles. The van der Waals surface area contributed by atoms with E-state index in [4.69, 9.17) is 4.74 Å². The molecule has 3 heteroatoms. The van der Waals surface area contributed by atoms with E-state index in [0.717, 1.165) is 31.9 Å². The largest absolute Gasteiger partial charge is 0.493 e. The van der Waals surface area contributed by atoms with Crippen molar-refractivity contribution in [2.75, 3.05) is 31.6 Å². The number of ether oxygens (including phenoxy) is 1. The standard InChI is InChI=1S/C17H26N2O/c1-13(2)19-9-7-17(3,11-19)12-20-15-5-4-14-6-8-18-16(14)10-15/h4-5,10,13,18H,6-9,11-12H2,1-3H3. The van der Waals surface area contributed by atoms with Gasteiger partial charge in [-0.2, -0.15) is 0 Å². The van der Waals surface area contributed by atoms with Crippen LogP contribution >= 0.6 is 0 Å². The fourth-order valence-corrected chi connectivity index (χ4v) is 3.24. The molecule has 110 valence electrons. The predicted molar refractivity (Wildman–Crippen MR) is 83.6 cm³/mol. The first-order valence-corrected chi connectivity index (χ1v) is 7.79. The number of anilines is 1. The number of likely N-dealkylation sites (tertiary alicyclic amines) is 1. The zero-order valence-corrected chi connectivity index (χ0v) is 12.9. The number of hydrogen-bond donors (Lipinski definition) is 1. The molecule has 0 aliphatic carbocycles. The Balaban J connectivity index is 1.59. The number of nitrogens with one attached hydrogen (secondary N) is 1. The maximum atomic E-state index is 6.08. The van der Waals surface area contributed by atoms with Crippen molar-refractivity contribution in [3.63, 3.8) is 0 Å². The van der Waals surface area contributed by atoms with Crippen LogP contribution in [0.5, 0.6) is 5.75 Å². The highest BCUT2D eigenvalue weighted by atomic mass is 16.5. The first-order chi connectivity index (χ1) is 9.56. The summed E-state index contributed by atoms with van der Waals surface area (Å²) in [5, 5.41) is 3.41. The second kappa shape index (κ2) is 5.28. The smallest absolute Gasteiger partial charge is 0.121 e. The van der Waals surface area contributed by atoms with Crippen LogP contribution in [0.3, 0.4) is 0 Å². The van der Waals surface area contributed by atoms with Crippen molar-refractivity contribution in [3.8, 4) is 5.75 Å². The fourth-order valence-electron chi connectivity index (χ4n) is 3.24. The van der Waals surface area contributed by atoms with E-state index in [0.29, 0.717) is 6.04 Å². The van der Waals surface area contributed by atoms with E-state index in [2.05, 4.69) is 49.2 Å². The first kappa shape index (κ1) is 13.7. The molecule has 0 saturated carbocycles. The Morgan fingerprint density at radius 2 is 2.25 bits per heavy atom. The molecule has 1 fully saturated rings. The molecule has 1 saturated heterocycles. The van der Waals surface area contributed by atoms with E-state index >= 15 is 0 Å². The zero-order chi connectivity index (χ0) is 14.2. The van der Waals surface area contributed by atoms with Crippen LogP contribution < -0.4 is 10.1 Å². The summed E-state index contributed by atoms with van der Waals surface area (Å²) in [6.45, 7) is 11.1. The highest BCUT2D eigenvalue weighted by molar-refractivity contribution is 5.58. The molecule has 1 atom stereocenters. The topological polar surface area (TPSA) is 24.5 Å². The molecule has 0 bridgehead atoms. The first-order valence-electron chi connectivity index (χ1n) is 7.79. The third-order valence-corrected chi connectivity index (χ3v) is 4.70.